The lowest BCUT2D eigenvalue weighted by molar-refractivity contribution is 0.0584. The zero-order valence-corrected chi connectivity index (χ0v) is 12.2. The summed E-state index contributed by atoms with van der Waals surface area (Å²) in [6, 6.07) is 4.94. The van der Waals surface area contributed by atoms with Crippen molar-refractivity contribution in [3.8, 4) is 0 Å². The number of amides is 1. The fourth-order valence-corrected chi connectivity index (χ4v) is 1.72. The highest BCUT2D eigenvalue weighted by molar-refractivity contribution is 6.31. The molecule has 5 heteroatoms. The van der Waals surface area contributed by atoms with Crippen LogP contribution in [-0.4, -0.2) is 23.3 Å². The van der Waals surface area contributed by atoms with Crippen molar-refractivity contribution in [3.63, 3.8) is 0 Å². The Balaban J connectivity index is 3.09. The molecule has 0 unspecified atom stereocenters. The maximum absolute atomic E-state index is 12.1. The number of hydrogen-bond acceptors (Lipinski definition) is 3. The maximum atomic E-state index is 12.1. The Kier molecular flexibility index (Phi) is 5.20. The van der Waals surface area contributed by atoms with Crippen LogP contribution in [0.1, 0.15) is 26.3 Å². The van der Waals surface area contributed by atoms with Crippen LogP contribution >= 0.6 is 11.6 Å². The monoisotopic (exact) mass is 284 g/mol. The first-order chi connectivity index (χ1) is 8.78. The maximum Gasteiger partial charge on any atom is 0.414 e. The molecule has 0 aliphatic rings. The molecule has 0 aromatic heterocycles. The molecule has 0 aliphatic heterocycles. The van der Waals surface area contributed by atoms with Crippen LogP contribution < -0.4 is 4.90 Å². The Morgan fingerprint density at radius 2 is 2.11 bits per heavy atom. The number of aliphatic hydroxyl groups excluding tert-OH is 1. The molecule has 1 radical (unpaired) electrons. The van der Waals surface area contributed by atoms with Crippen LogP contribution in [0.4, 0.5) is 10.5 Å². The van der Waals surface area contributed by atoms with Gasteiger partial charge in [-0.2, -0.15) is 0 Å². The molecule has 0 saturated carbocycles. The molecule has 1 N–H and O–H groups in total. The van der Waals surface area contributed by atoms with Crippen molar-refractivity contribution >= 4 is 23.4 Å². The van der Waals surface area contributed by atoms with Crippen molar-refractivity contribution in [2.75, 3.05) is 11.4 Å². The molecule has 1 rings (SSSR count). The summed E-state index contributed by atoms with van der Waals surface area (Å²) in [6.45, 7) is 9.08. The lowest BCUT2D eigenvalue weighted by Gasteiger charge is -2.27. The molecule has 0 heterocycles. The molecular formula is C14H19ClNO3. The van der Waals surface area contributed by atoms with Gasteiger partial charge in [0.25, 0.3) is 0 Å². The van der Waals surface area contributed by atoms with E-state index in [1.807, 2.05) is 0 Å². The average molecular weight is 285 g/mol. The summed E-state index contributed by atoms with van der Waals surface area (Å²) in [7, 11) is 0. The third-order valence-corrected chi connectivity index (χ3v) is 2.58. The summed E-state index contributed by atoms with van der Waals surface area (Å²) < 4.78 is 5.31. The van der Waals surface area contributed by atoms with Gasteiger partial charge in [0.1, 0.15) is 5.60 Å². The number of benzene rings is 1. The van der Waals surface area contributed by atoms with Crippen molar-refractivity contribution in [2.24, 2.45) is 0 Å². The van der Waals surface area contributed by atoms with Crippen molar-refractivity contribution in [1.82, 2.24) is 0 Å². The van der Waals surface area contributed by atoms with E-state index in [0.717, 1.165) is 0 Å². The third kappa shape index (κ3) is 4.40. The second-order valence-corrected chi connectivity index (χ2v) is 5.50. The second kappa shape index (κ2) is 6.26. The predicted molar refractivity (Wildman–Crippen MR) is 76.3 cm³/mol. The molecule has 1 amide bonds. The fraction of sp³-hybridized carbons (Fsp3) is 0.429. The summed E-state index contributed by atoms with van der Waals surface area (Å²) in [5.74, 6) is 0. The van der Waals surface area contributed by atoms with Gasteiger partial charge in [0.15, 0.2) is 0 Å². The van der Waals surface area contributed by atoms with Gasteiger partial charge in [-0.05, 0) is 39.8 Å². The molecule has 1 aromatic carbocycles. The Hall–Kier alpha value is -1.26. The summed E-state index contributed by atoms with van der Waals surface area (Å²) in [6.07, 6.45) is -0.514. The van der Waals surface area contributed by atoms with Crippen molar-refractivity contribution in [1.29, 1.82) is 0 Å². The van der Waals surface area contributed by atoms with E-state index in [9.17, 15) is 9.90 Å². The number of carbonyl (C=O) groups is 1. The van der Waals surface area contributed by atoms with Gasteiger partial charge in [-0.15, -0.1) is 0 Å². The van der Waals surface area contributed by atoms with E-state index >= 15 is 0 Å². The molecule has 0 bridgehead atoms. The second-order valence-electron chi connectivity index (χ2n) is 5.06. The third-order valence-electron chi connectivity index (χ3n) is 2.35. The summed E-state index contributed by atoms with van der Waals surface area (Å²) >= 11 is 5.93. The number of rotatable bonds is 3. The number of hydrogen-bond donors (Lipinski definition) is 1. The van der Waals surface area contributed by atoms with Gasteiger partial charge in [0, 0.05) is 17.1 Å². The molecule has 0 spiro atoms. The normalized spacial score (nSPS) is 11.3. The van der Waals surface area contributed by atoms with E-state index in [1.165, 1.54) is 4.90 Å². The Morgan fingerprint density at radius 3 is 2.58 bits per heavy atom. The van der Waals surface area contributed by atoms with Crippen LogP contribution in [-0.2, 0) is 11.3 Å². The van der Waals surface area contributed by atoms with E-state index in [2.05, 4.69) is 6.92 Å². The summed E-state index contributed by atoms with van der Waals surface area (Å²) in [5, 5.41) is 9.81. The smallest absolute Gasteiger partial charge is 0.414 e. The van der Waals surface area contributed by atoms with Gasteiger partial charge in [-0.1, -0.05) is 17.7 Å². The van der Waals surface area contributed by atoms with Gasteiger partial charge >= 0.3 is 6.09 Å². The predicted octanol–water partition coefficient (Wildman–Crippen LogP) is 3.41. The molecule has 0 aliphatic carbocycles. The van der Waals surface area contributed by atoms with Crippen molar-refractivity contribution in [2.45, 2.75) is 33.0 Å². The van der Waals surface area contributed by atoms with Crippen molar-refractivity contribution < 1.29 is 14.6 Å². The number of halogens is 1. The van der Waals surface area contributed by atoms with Gasteiger partial charge in [-0.3, -0.25) is 4.90 Å². The number of carbonyl (C=O) groups excluding carboxylic acids is 1. The van der Waals surface area contributed by atoms with Crippen LogP contribution in [0.3, 0.4) is 0 Å². The van der Waals surface area contributed by atoms with Crippen LogP contribution in [0.2, 0.25) is 5.02 Å². The summed E-state index contributed by atoms with van der Waals surface area (Å²) in [4.78, 5) is 13.5. The van der Waals surface area contributed by atoms with Crippen LogP contribution in [0, 0.1) is 6.92 Å². The molecule has 4 nitrogen and oxygen atoms in total. The highest BCUT2D eigenvalue weighted by Gasteiger charge is 2.23. The van der Waals surface area contributed by atoms with Crippen LogP contribution in [0.25, 0.3) is 0 Å². The fourth-order valence-electron chi connectivity index (χ4n) is 1.55. The van der Waals surface area contributed by atoms with E-state index in [4.69, 9.17) is 16.3 Å². The first-order valence-electron chi connectivity index (χ1n) is 5.97. The molecule has 105 valence electrons. The molecule has 0 atom stereocenters. The number of aliphatic hydroxyl groups is 1. The minimum absolute atomic E-state index is 0.183. The standard InChI is InChI=1S/C14H19ClNO3/c1-5-16(13(18)19-14(2,3)4)12-8-11(15)7-6-10(12)9-17/h6-8,17H,1,5,9H2,2-4H3. The van der Waals surface area contributed by atoms with Gasteiger partial charge in [0.2, 0.25) is 0 Å². The average Bonchev–Trinajstić information content (AvgIpc) is 2.28. The van der Waals surface area contributed by atoms with Crippen molar-refractivity contribution in [3.05, 3.63) is 35.7 Å². The zero-order valence-electron chi connectivity index (χ0n) is 11.4. The van der Waals surface area contributed by atoms with Crippen LogP contribution in [0.5, 0.6) is 0 Å². The van der Waals surface area contributed by atoms with Gasteiger partial charge in [0.05, 0.1) is 12.3 Å². The van der Waals surface area contributed by atoms with E-state index < -0.39 is 11.7 Å². The number of anilines is 1. The summed E-state index contributed by atoms with van der Waals surface area (Å²) in [5.41, 5.74) is 0.515. The largest absolute Gasteiger partial charge is 0.443 e. The highest BCUT2D eigenvalue weighted by atomic mass is 35.5. The molecule has 1 aromatic rings. The van der Waals surface area contributed by atoms with Gasteiger partial charge < -0.3 is 9.84 Å². The molecular weight excluding hydrogens is 266 g/mol. The number of nitrogens with zero attached hydrogens (tertiary/aromatic N) is 1. The Morgan fingerprint density at radius 1 is 1.47 bits per heavy atom. The molecule has 0 fully saturated rings. The lowest BCUT2D eigenvalue weighted by atomic mass is 10.1. The zero-order chi connectivity index (χ0) is 14.6. The lowest BCUT2D eigenvalue weighted by Crippen LogP contribution is -2.37. The van der Waals surface area contributed by atoms with E-state index in [0.29, 0.717) is 16.3 Å². The Bertz CT molecular complexity index is 454. The molecule has 0 saturated heterocycles. The highest BCUT2D eigenvalue weighted by Crippen LogP contribution is 2.26. The first kappa shape index (κ1) is 15.8. The quantitative estimate of drug-likeness (QED) is 0.925. The first-order valence-corrected chi connectivity index (χ1v) is 6.35. The Labute approximate surface area is 118 Å². The minimum Gasteiger partial charge on any atom is -0.443 e. The van der Waals surface area contributed by atoms with E-state index in [1.54, 1.807) is 39.0 Å². The minimum atomic E-state index is -0.595. The van der Waals surface area contributed by atoms with Crippen LogP contribution in [0.15, 0.2) is 18.2 Å². The SMILES string of the molecule is [CH2]CN(C(=O)OC(C)(C)C)c1cc(Cl)ccc1CO. The van der Waals surface area contributed by atoms with E-state index in [-0.39, 0.29) is 13.2 Å². The molecule has 19 heavy (non-hydrogen) atoms. The van der Waals surface area contributed by atoms with Gasteiger partial charge in [-0.25, -0.2) is 4.79 Å². The number of ether oxygens (including phenoxy) is 1. The topological polar surface area (TPSA) is 49.8 Å².